The van der Waals surface area contributed by atoms with Gasteiger partial charge in [-0.15, -0.1) is 0 Å². The Morgan fingerprint density at radius 3 is 2.15 bits per heavy atom. The topological polar surface area (TPSA) is 27.0 Å². The molecule has 0 aromatic rings. The van der Waals surface area contributed by atoms with Crippen LogP contribution in [0.1, 0.15) is 39.0 Å². The molecule has 0 rings (SSSR count). The van der Waals surface area contributed by atoms with Gasteiger partial charge in [0.25, 0.3) is 0 Å². The van der Waals surface area contributed by atoms with Gasteiger partial charge in [0.2, 0.25) is 0 Å². The van der Waals surface area contributed by atoms with Crippen LogP contribution in [0.4, 0.5) is 0 Å². The van der Waals surface area contributed by atoms with Crippen LogP contribution in [0, 0.1) is 0 Å². The van der Waals surface area contributed by atoms with E-state index in [0.29, 0.717) is 6.54 Å². The maximum atomic E-state index is 6.99. The van der Waals surface area contributed by atoms with Gasteiger partial charge in [0.15, 0.2) is 0 Å². The monoisotopic (exact) mass is 256 g/mol. The fourth-order valence-corrected chi connectivity index (χ4v) is 1.22. The fourth-order valence-electron chi connectivity index (χ4n) is 1.22. The molecule has 0 amide bonds. The van der Waals surface area contributed by atoms with Crippen LogP contribution in [-0.2, 0) is 0 Å². The summed E-state index contributed by atoms with van der Waals surface area (Å²) in [5, 5.41) is 0. The number of hydrogen-bond donors (Lipinski definition) is 0. The van der Waals surface area contributed by atoms with Gasteiger partial charge >= 0.3 is 58.2 Å². The van der Waals surface area contributed by atoms with Crippen molar-refractivity contribution in [2.45, 2.75) is 39.0 Å². The number of unbranched alkanes of at least 4 members (excludes halogenated alkanes) is 3. The van der Waals surface area contributed by atoms with E-state index in [9.17, 15) is 0 Å². The summed E-state index contributed by atoms with van der Waals surface area (Å²) in [5.41, 5.74) is 6.99. The zero-order chi connectivity index (χ0) is 9.23. The van der Waals surface area contributed by atoms with E-state index < -0.39 is 0 Å². The summed E-state index contributed by atoms with van der Waals surface area (Å²) >= 11 is 0. The molecule has 0 aliphatic carbocycles. The number of nitrogens with zero attached hydrogens (tertiary/aromatic N) is 1. The van der Waals surface area contributed by atoms with Crippen molar-refractivity contribution in [3.8, 4) is 0 Å². The molecule has 0 atom stereocenters. The standard InChI is InChI=1S/C10H23N2.Rb/c1-3-4-9-12(2)10-7-5-6-8-11;/h11H,3-10H2,1-2H3;/q-1;+1. The van der Waals surface area contributed by atoms with Crippen molar-refractivity contribution in [3.63, 3.8) is 0 Å². The van der Waals surface area contributed by atoms with Gasteiger partial charge in [0, 0.05) is 0 Å². The first-order valence-electron chi connectivity index (χ1n) is 5.14. The molecule has 0 aromatic heterocycles. The molecule has 0 spiro atoms. The van der Waals surface area contributed by atoms with Gasteiger partial charge in [-0.1, -0.05) is 26.2 Å². The Hall–Kier alpha value is 1.73. The molecule has 3 heteroatoms. The average Bonchev–Trinajstić information content (AvgIpc) is 2.09. The van der Waals surface area contributed by atoms with E-state index in [1.54, 1.807) is 0 Å². The van der Waals surface area contributed by atoms with Gasteiger partial charge in [0.1, 0.15) is 0 Å². The Kier molecular flexibility index (Phi) is 18.1. The van der Waals surface area contributed by atoms with Gasteiger partial charge in [-0.3, -0.25) is 0 Å². The molecular weight excluding hydrogens is 234 g/mol. The van der Waals surface area contributed by atoms with Crippen LogP contribution < -0.4 is 58.2 Å². The number of nitrogens with one attached hydrogen (secondary N) is 1. The summed E-state index contributed by atoms with van der Waals surface area (Å²) in [6.45, 7) is 5.27. The predicted molar refractivity (Wildman–Crippen MR) is 55.4 cm³/mol. The largest absolute Gasteiger partial charge is 1.00 e. The van der Waals surface area contributed by atoms with E-state index >= 15 is 0 Å². The van der Waals surface area contributed by atoms with Gasteiger partial charge < -0.3 is 10.6 Å². The van der Waals surface area contributed by atoms with Gasteiger partial charge in [0.05, 0.1) is 0 Å². The normalized spacial score (nSPS) is 10.2. The molecule has 1 N–H and O–H groups in total. The first-order valence-corrected chi connectivity index (χ1v) is 5.14. The molecule has 0 fully saturated rings. The first kappa shape index (κ1) is 17.1. The summed E-state index contributed by atoms with van der Waals surface area (Å²) in [6.07, 6.45) is 6.16. The van der Waals surface area contributed by atoms with Crippen molar-refractivity contribution in [3.05, 3.63) is 5.73 Å². The van der Waals surface area contributed by atoms with E-state index in [1.165, 1.54) is 38.8 Å². The Morgan fingerprint density at radius 1 is 1.00 bits per heavy atom. The van der Waals surface area contributed by atoms with Crippen molar-refractivity contribution in [1.29, 1.82) is 0 Å². The van der Waals surface area contributed by atoms with Crippen molar-refractivity contribution in [1.82, 2.24) is 4.90 Å². The molecule has 0 radical (unpaired) electrons. The minimum absolute atomic E-state index is 0. The maximum absolute atomic E-state index is 6.99. The van der Waals surface area contributed by atoms with Gasteiger partial charge in [-0.25, -0.2) is 0 Å². The molecule has 0 saturated heterocycles. The molecule has 0 aliphatic heterocycles. The summed E-state index contributed by atoms with van der Waals surface area (Å²) < 4.78 is 0. The van der Waals surface area contributed by atoms with Crippen LogP contribution in [0.2, 0.25) is 0 Å². The van der Waals surface area contributed by atoms with Crippen molar-refractivity contribution in [2.24, 2.45) is 0 Å². The van der Waals surface area contributed by atoms with Crippen LogP contribution in [0.3, 0.4) is 0 Å². The molecule has 0 saturated carbocycles. The maximum Gasteiger partial charge on any atom is 1.00 e. The molecule has 0 aliphatic rings. The molecular formula is C10H23N2Rb. The zero-order valence-corrected chi connectivity index (χ0v) is 14.5. The Morgan fingerprint density at radius 2 is 1.62 bits per heavy atom. The molecule has 0 unspecified atom stereocenters. The van der Waals surface area contributed by atoms with E-state index in [-0.39, 0.29) is 58.2 Å². The summed E-state index contributed by atoms with van der Waals surface area (Å²) in [6, 6.07) is 0. The van der Waals surface area contributed by atoms with Gasteiger partial charge in [-0.05, 0) is 33.0 Å². The second kappa shape index (κ2) is 13.7. The van der Waals surface area contributed by atoms with Crippen LogP contribution in [-0.4, -0.2) is 31.6 Å². The fraction of sp³-hybridized carbons (Fsp3) is 1.00. The number of rotatable bonds is 8. The summed E-state index contributed by atoms with van der Waals surface area (Å²) in [4.78, 5) is 2.40. The van der Waals surface area contributed by atoms with Gasteiger partial charge in [-0.2, -0.15) is 6.54 Å². The summed E-state index contributed by atoms with van der Waals surface area (Å²) in [5.74, 6) is 0. The Labute approximate surface area is 132 Å². The van der Waals surface area contributed by atoms with Crippen LogP contribution >= 0.6 is 0 Å². The van der Waals surface area contributed by atoms with E-state index in [4.69, 9.17) is 5.73 Å². The smallest absolute Gasteiger partial charge is 0.677 e. The van der Waals surface area contributed by atoms with E-state index in [0.717, 1.165) is 6.42 Å². The SMILES string of the molecule is CCCCN(C)CCCCC[NH-].[Rb+]. The second-order valence-electron chi connectivity index (χ2n) is 3.47. The van der Waals surface area contributed by atoms with E-state index in [1.807, 2.05) is 0 Å². The van der Waals surface area contributed by atoms with Crippen LogP contribution in [0.5, 0.6) is 0 Å². The third kappa shape index (κ3) is 13.7. The first-order chi connectivity index (χ1) is 5.81. The molecule has 0 bridgehead atoms. The molecule has 13 heavy (non-hydrogen) atoms. The van der Waals surface area contributed by atoms with Crippen molar-refractivity contribution in [2.75, 3.05) is 26.7 Å². The van der Waals surface area contributed by atoms with Crippen LogP contribution in [0.25, 0.3) is 5.73 Å². The van der Waals surface area contributed by atoms with Crippen LogP contribution in [0.15, 0.2) is 0 Å². The molecule has 0 heterocycles. The third-order valence-electron chi connectivity index (χ3n) is 2.11. The molecule has 2 nitrogen and oxygen atoms in total. The number of hydrogen-bond acceptors (Lipinski definition) is 1. The average molecular weight is 257 g/mol. The molecule has 74 valence electrons. The Bertz CT molecular complexity index is 89.0. The minimum atomic E-state index is 0. The summed E-state index contributed by atoms with van der Waals surface area (Å²) in [7, 11) is 2.19. The quantitative estimate of drug-likeness (QED) is 0.560. The Balaban J connectivity index is 0. The van der Waals surface area contributed by atoms with E-state index in [2.05, 4.69) is 18.9 Å². The van der Waals surface area contributed by atoms with Crippen molar-refractivity contribution >= 4 is 0 Å². The minimum Gasteiger partial charge on any atom is -0.677 e. The zero-order valence-electron chi connectivity index (χ0n) is 9.60. The second-order valence-corrected chi connectivity index (χ2v) is 3.47. The third-order valence-corrected chi connectivity index (χ3v) is 2.11. The predicted octanol–water partition coefficient (Wildman–Crippen LogP) is -0.0552. The molecule has 0 aromatic carbocycles. The van der Waals surface area contributed by atoms with Crippen molar-refractivity contribution < 1.29 is 58.2 Å².